The van der Waals surface area contributed by atoms with E-state index in [9.17, 15) is 9.90 Å². The van der Waals surface area contributed by atoms with Crippen molar-refractivity contribution in [2.75, 3.05) is 20.8 Å². The van der Waals surface area contributed by atoms with Gasteiger partial charge >= 0.3 is 5.97 Å². The van der Waals surface area contributed by atoms with Gasteiger partial charge in [0.25, 0.3) is 0 Å². The molecule has 1 unspecified atom stereocenters. The van der Waals surface area contributed by atoms with Crippen LogP contribution >= 0.6 is 0 Å². The van der Waals surface area contributed by atoms with Gasteiger partial charge in [0.15, 0.2) is 0 Å². The number of ether oxygens (including phenoxy) is 2. The summed E-state index contributed by atoms with van der Waals surface area (Å²) in [6, 6.07) is 5.72. The molecule has 0 aromatic heterocycles. The Morgan fingerprint density at radius 3 is 2.72 bits per heavy atom. The van der Waals surface area contributed by atoms with E-state index in [0.29, 0.717) is 5.75 Å². The number of esters is 1. The monoisotopic (exact) mass is 250 g/mol. The summed E-state index contributed by atoms with van der Waals surface area (Å²) in [6.45, 7) is 1.86. The lowest BCUT2D eigenvalue weighted by Crippen LogP contribution is -2.05. The molecule has 0 aliphatic rings. The standard InChI is InChI=1S/C14H18O4/c1-10-4-6-12(13(8-10)17-2)11(9-15)5-7-14(16)18-3/h4-8,11,15H,9H2,1-3H3/b7-5+. The summed E-state index contributed by atoms with van der Waals surface area (Å²) in [6.07, 6.45) is 2.92. The zero-order chi connectivity index (χ0) is 13.5. The number of benzene rings is 1. The normalized spacial score (nSPS) is 12.4. The SMILES string of the molecule is COC(=O)/C=C/C(CO)c1ccc(C)cc1OC. The number of aliphatic hydroxyl groups is 1. The van der Waals surface area contributed by atoms with Crippen molar-refractivity contribution in [3.63, 3.8) is 0 Å². The number of carbonyl (C=O) groups excluding carboxylic acids is 1. The maximum absolute atomic E-state index is 11.1. The third-order valence-corrected chi connectivity index (χ3v) is 2.65. The summed E-state index contributed by atoms with van der Waals surface area (Å²) in [5, 5.41) is 9.40. The lowest BCUT2D eigenvalue weighted by Gasteiger charge is -2.15. The van der Waals surface area contributed by atoms with Gasteiger partial charge in [0, 0.05) is 17.6 Å². The third kappa shape index (κ3) is 3.60. The van der Waals surface area contributed by atoms with Crippen LogP contribution in [-0.4, -0.2) is 31.9 Å². The van der Waals surface area contributed by atoms with Crippen molar-refractivity contribution >= 4 is 5.97 Å². The van der Waals surface area contributed by atoms with Crippen molar-refractivity contribution in [3.05, 3.63) is 41.5 Å². The number of carbonyl (C=O) groups is 1. The van der Waals surface area contributed by atoms with Gasteiger partial charge < -0.3 is 14.6 Å². The number of methoxy groups -OCH3 is 2. The molecule has 1 rings (SSSR count). The summed E-state index contributed by atoms with van der Waals surface area (Å²) in [5.74, 6) is -0.0391. The van der Waals surface area contributed by atoms with E-state index in [2.05, 4.69) is 4.74 Å². The minimum absolute atomic E-state index is 0.104. The van der Waals surface area contributed by atoms with Crippen LogP contribution in [0.5, 0.6) is 5.75 Å². The van der Waals surface area contributed by atoms with Gasteiger partial charge in [-0.05, 0) is 18.6 Å². The molecule has 0 heterocycles. The van der Waals surface area contributed by atoms with Crippen molar-refractivity contribution < 1.29 is 19.4 Å². The van der Waals surface area contributed by atoms with Crippen molar-refractivity contribution in [1.82, 2.24) is 0 Å². The first-order valence-corrected chi connectivity index (χ1v) is 5.64. The molecule has 1 aromatic carbocycles. The minimum Gasteiger partial charge on any atom is -0.496 e. The van der Waals surface area contributed by atoms with E-state index in [-0.39, 0.29) is 12.5 Å². The highest BCUT2D eigenvalue weighted by atomic mass is 16.5. The number of hydrogen-bond acceptors (Lipinski definition) is 4. The quantitative estimate of drug-likeness (QED) is 0.639. The van der Waals surface area contributed by atoms with E-state index in [4.69, 9.17) is 4.74 Å². The molecule has 0 bridgehead atoms. The largest absolute Gasteiger partial charge is 0.496 e. The zero-order valence-electron chi connectivity index (χ0n) is 10.8. The number of aliphatic hydroxyl groups excluding tert-OH is 1. The van der Waals surface area contributed by atoms with Crippen LogP contribution in [0.25, 0.3) is 0 Å². The van der Waals surface area contributed by atoms with Crippen molar-refractivity contribution in [1.29, 1.82) is 0 Å². The fourth-order valence-electron chi connectivity index (χ4n) is 1.65. The molecule has 1 aromatic rings. The number of hydrogen-bond donors (Lipinski definition) is 1. The molecule has 18 heavy (non-hydrogen) atoms. The highest BCUT2D eigenvalue weighted by Gasteiger charge is 2.13. The predicted octanol–water partition coefficient (Wildman–Crippen LogP) is 1.81. The van der Waals surface area contributed by atoms with Crippen LogP contribution in [-0.2, 0) is 9.53 Å². The van der Waals surface area contributed by atoms with Gasteiger partial charge in [-0.15, -0.1) is 0 Å². The van der Waals surface area contributed by atoms with Gasteiger partial charge in [0.2, 0.25) is 0 Å². The van der Waals surface area contributed by atoms with Gasteiger partial charge in [-0.2, -0.15) is 0 Å². The summed E-state index contributed by atoms with van der Waals surface area (Å²) < 4.78 is 9.80. The molecule has 1 atom stereocenters. The first kappa shape index (κ1) is 14.3. The highest BCUT2D eigenvalue weighted by Crippen LogP contribution is 2.28. The molecule has 0 radical (unpaired) electrons. The van der Waals surface area contributed by atoms with Gasteiger partial charge in [-0.25, -0.2) is 4.79 Å². The van der Waals surface area contributed by atoms with E-state index in [1.165, 1.54) is 13.2 Å². The molecule has 0 spiro atoms. The first-order valence-electron chi connectivity index (χ1n) is 5.64. The molecule has 4 nitrogen and oxygen atoms in total. The number of aryl methyl sites for hydroxylation is 1. The van der Waals surface area contributed by atoms with Crippen LogP contribution in [0.4, 0.5) is 0 Å². The Kier molecular flexibility index (Phi) is 5.39. The fraction of sp³-hybridized carbons (Fsp3) is 0.357. The van der Waals surface area contributed by atoms with E-state index < -0.39 is 5.97 Å². The van der Waals surface area contributed by atoms with Crippen LogP contribution in [0, 0.1) is 6.92 Å². The Morgan fingerprint density at radius 2 is 2.17 bits per heavy atom. The molecule has 0 fully saturated rings. The van der Waals surface area contributed by atoms with Gasteiger partial charge in [0.1, 0.15) is 5.75 Å². The van der Waals surface area contributed by atoms with Crippen LogP contribution in [0.3, 0.4) is 0 Å². The molecular formula is C14H18O4. The summed E-state index contributed by atoms with van der Waals surface area (Å²) >= 11 is 0. The molecule has 98 valence electrons. The van der Waals surface area contributed by atoms with E-state index in [0.717, 1.165) is 11.1 Å². The predicted molar refractivity (Wildman–Crippen MR) is 68.7 cm³/mol. The second-order valence-electron chi connectivity index (χ2n) is 3.92. The fourth-order valence-corrected chi connectivity index (χ4v) is 1.65. The summed E-state index contributed by atoms with van der Waals surface area (Å²) in [5.41, 5.74) is 1.91. The molecule has 0 saturated heterocycles. The van der Waals surface area contributed by atoms with E-state index in [1.54, 1.807) is 13.2 Å². The lowest BCUT2D eigenvalue weighted by molar-refractivity contribution is -0.134. The molecule has 0 amide bonds. The van der Waals surface area contributed by atoms with Gasteiger partial charge in [0.05, 0.1) is 20.8 Å². The van der Waals surface area contributed by atoms with E-state index >= 15 is 0 Å². The Labute approximate surface area is 107 Å². The topological polar surface area (TPSA) is 55.8 Å². The zero-order valence-corrected chi connectivity index (χ0v) is 10.8. The Bertz CT molecular complexity index is 437. The van der Waals surface area contributed by atoms with Crippen LogP contribution in [0.15, 0.2) is 30.4 Å². The Hall–Kier alpha value is -1.81. The second-order valence-corrected chi connectivity index (χ2v) is 3.92. The molecule has 0 aliphatic heterocycles. The Morgan fingerprint density at radius 1 is 1.44 bits per heavy atom. The van der Waals surface area contributed by atoms with Crippen LogP contribution in [0.2, 0.25) is 0 Å². The molecule has 0 saturated carbocycles. The average Bonchev–Trinajstić information content (AvgIpc) is 2.40. The van der Waals surface area contributed by atoms with Crippen molar-refractivity contribution in [3.8, 4) is 5.75 Å². The van der Waals surface area contributed by atoms with Gasteiger partial charge in [-0.3, -0.25) is 0 Å². The molecule has 4 heteroatoms. The highest BCUT2D eigenvalue weighted by molar-refractivity contribution is 5.81. The molecule has 0 aliphatic carbocycles. The van der Waals surface area contributed by atoms with Gasteiger partial charge in [-0.1, -0.05) is 18.2 Å². The Balaban J connectivity index is 3.01. The lowest BCUT2D eigenvalue weighted by atomic mass is 9.97. The first-order chi connectivity index (χ1) is 8.62. The minimum atomic E-state index is -0.445. The third-order valence-electron chi connectivity index (χ3n) is 2.65. The van der Waals surface area contributed by atoms with Crippen molar-refractivity contribution in [2.24, 2.45) is 0 Å². The smallest absolute Gasteiger partial charge is 0.330 e. The maximum atomic E-state index is 11.1. The summed E-state index contributed by atoms with van der Waals surface area (Å²) in [7, 11) is 2.89. The molecular weight excluding hydrogens is 232 g/mol. The van der Waals surface area contributed by atoms with E-state index in [1.807, 2.05) is 25.1 Å². The van der Waals surface area contributed by atoms with Crippen molar-refractivity contribution in [2.45, 2.75) is 12.8 Å². The summed E-state index contributed by atoms with van der Waals surface area (Å²) in [4.78, 5) is 11.1. The maximum Gasteiger partial charge on any atom is 0.330 e. The number of rotatable bonds is 5. The van der Waals surface area contributed by atoms with Crippen LogP contribution < -0.4 is 4.74 Å². The van der Waals surface area contributed by atoms with Crippen LogP contribution in [0.1, 0.15) is 17.0 Å². The average molecular weight is 250 g/mol. The molecule has 1 N–H and O–H groups in total. The second kappa shape index (κ2) is 6.81.